The Hall–Kier alpha value is -2.80. The Bertz CT molecular complexity index is 896. The van der Waals surface area contributed by atoms with Crippen molar-refractivity contribution >= 4 is 22.8 Å². The molecule has 0 unspecified atom stereocenters. The molecule has 26 heavy (non-hydrogen) atoms. The Labute approximate surface area is 152 Å². The van der Waals surface area contributed by atoms with Crippen LogP contribution >= 0.6 is 0 Å². The van der Waals surface area contributed by atoms with Gasteiger partial charge in [0.25, 0.3) is 0 Å². The number of hydrogen-bond acceptors (Lipinski definition) is 6. The van der Waals surface area contributed by atoms with E-state index in [-0.39, 0.29) is 0 Å². The van der Waals surface area contributed by atoms with Gasteiger partial charge >= 0.3 is 0 Å². The molecule has 0 aliphatic heterocycles. The summed E-state index contributed by atoms with van der Waals surface area (Å²) in [4.78, 5) is 4.85. The molecule has 0 spiro atoms. The second kappa shape index (κ2) is 6.84. The maximum atomic E-state index is 6.03. The van der Waals surface area contributed by atoms with E-state index >= 15 is 0 Å². The number of imidazole rings is 1. The van der Waals surface area contributed by atoms with Crippen LogP contribution in [0.25, 0.3) is 5.65 Å². The van der Waals surface area contributed by atoms with Crippen molar-refractivity contribution in [1.82, 2.24) is 14.6 Å². The first-order chi connectivity index (χ1) is 12.6. The quantitative estimate of drug-likeness (QED) is 0.667. The molecule has 4 rings (SSSR count). The van der Waals surface area contributed by atoms with Gasteiger partial charge in [0.1, 0.15) is 11.6 Å². The van der Waals surface area contributed by atoms with Gasteiger partial charge in [-0.1, -0.05) is 0 Å². The minimum atomic E-state index is 0.323. The summed E-state index contributed by atoms with van der Waals surface area (Å²) in [6.45, 7) is 0. The number of anilines is 3. The lowest BCUT2D eigenvalue weighted by Crippen LogP contribution is -2.25. The molecule has 1 saturated carbocycles. The second-order valence-electron chi connectivity index (χ2n) is 6.88. The maximum Gasteiger partial charge on any atom is 0.177 e. The van der Waals surface area contributed by atoms with Crippen molar-refractivity contribution in [2.45, 2.75) is 37.6 Å². The average Bonchev–Trinajstić information content (AvgIpc) is 3.07. The molecule has 136 valence electrons. The zero-order chi connectivity index (χ0) is 18.1. The van der Waals surface area contributed by atoms with Gasteiger partial charge in [0, 0.05) is 23.7 Å². The van der Waals surface area contributed by atoms with Crippen molar-refractivity contribution in [2.75, 3.05) is 18.2 Å². The Morgan fingerprint density at radius 2 is 1.88 bits per heavy atom. The summed E-state index contributed by atoms with van der Waals surface area (Å²) in [7, 11) is 1.65. The molecular formula is C19H24N6O. The number of methoxy groups -OCH3 is 1. The fourth-order valence-electron chi connectivity index (χ4n) is 3.55. The second-order valence-corrected chi connectivity index (χ2v) is 6.88. The van der Waals surface area contributed by atoms with E-state index in [1.807, 2.05) is 36.5 Å². The summed E-state index contributed by atoms with van der Waals surface area (Å²) >= 11 is 0. The number of nitrogens with two attached hydrogens (primary N) is 2. The molecule has 3 aromatic rings. The van der Waals surface area contributed by atoms with E-state index in [4.69, 9.17) is 21.2 Å². The number of hydrogen-bond donors (Lipinski definition) is 3. The van der Waals surface area contributed by atoms with E-state index in [0.717, 1.165) is 54.1 Å². The lowest BCUT2D eigenvalue weighted by atomic mass is 9.85. The monoisotopic (exact) mass is 352 g/mol. The minimum absolute atomic E-state index is 0.323. The Morgan fingerprint density at radius 1 is 1.15 bits per heavy atom. The lowest BCUT2D eigenvalue weighted by Gasteiger charge is -2.24. The van der Waals surface area contributed by atoms with E-state index < -0.39 is 0 Å². The van der Waals surface area contributed by atoms with Crippen LogP contribution in [0.2, 0.25) is 0 Å². The van der Waals surface area contributed by atoms with Crippen LogP contribution < -0.4 is 21.5 Å². The zero-order valence-electron chi connectivity index (χ0n) is 14.9. The molecule has 1 aliphatic carbocycles. The molecule has 1 aromatic carbocycles. The fraction of sp³-hybridized carbons (Fsp3) is 0.368. The van der Waals surface area contributed by atoms with Crippen LogP contribution in [0.3, 0.4) is 0 Å². The first kappa shape index (κ1) is 16.7. The van der Waals surface area contributed by atoms with Crippen LogP contribution in [0.5, 0.6) is 5.75 Å². The molecule has 1 fully saturated rings. The summed E-state index contributed by atoms with van der Waals surface area (Å²) in [5.41, 5.74) is 15.6. The molecule has 2 aromatic heterocycles. The van der Waals surface area contributed by atoms with E-state index in [0.29, 0.717) is 17.8 Å². The standard InChI is InChI=1S/C19H24N6O/c1-26-15-8-6-14(7-9-15)22-16-10-18(21)24-25-11-17(23-19(16)25)12-2-4-13(20)5-3-12/h6-13,22H,2-5,20H2,1H3,(H2,21,24)/t12-,13-. The van der Waals surface area contributed by atoms with Gasteiger partial charge < -0.3 is 21.5 Å². The Balaban J connectivity index is 1.65. The predicted molar refractivity (Wildman–Crippen MR) is 103 cm³/mol. The minimum Gasteiger partial charge on any atom is -0.497 e. The van der Waals surface area contributed by atoms with Crippen LogP contribution in [0.1, 0.15) is 37.3 Å². The van der Waals surface area contributed by atoms with Crippen LogP contribution in [-0.4, -0.2) is 27.7 Å². The van der Waals surface area contributed by atoms with Gasteiger partial charge in [-0.3, -0.25) is 0 Å². The van der Waals surface area contributed by atoms with Crippen LogP contribution in [0.4, 0.5) is 17.2 Å². The van der Waals surface area contributed by atoms with Crippen molar-refractivity contribution in [1.29, 1.82) is 0 Å². The summed E-state index contributed by atoms with van der Waals surface area (Å²) < 4.78 is 6.97. The number of nitrogens with one attached hydrogen (secondary N) is 1. The summed E-state index contributed by atoms with van der Waals surface area (Å²) in [5, 5.41) is 7.77. The van der Waals surface area contributed by atoms with Crippen molar-refractivity contribution in [3.63, 3.8) is 0 Å². The van der Waals surface area contributed by atoms with Crippen LogP contribution in [0.15, 0.2) is 36.5 Å². The van der Waals surface area contributed by atoms with Crippen molar-refractivity contribution in [3.8, 4) is 5.75 Å². The molecule has 7 nitrogen and oxygen atoms in total. The first-order valence-corrected chi connectivity index (χ1v) is 8.95. The van der Waals surface area contributed by atoms with E-state index in [1.54, 1.807) is 11.6 Å². The number of fused-ring (bicyclic) bond motifs is 1. The highest BCUT2D eigenvalue weighted by Gasteiger charge is 2.23. The van der Waals surface area contributed by atoms with E-state index in [9.17, 15) is 0 Å². The maximum absolute atomic E-state index is 6.03. The molecule has 0 bridgehead atoms. The van der Waals surface area contributed by atoms with Gasteiger partial charge in [0.2, 0.25) is 0 Å². The number of rotatable bonds is 4. The third-order valence-corrected chi connectivity index (χ3v) is 5.02. The van der Waals surface area contributed by atoms with Gasteiger partial charge in [-0.25, -0.2) is 9.50 Å². The third kappa shape index (κ3) is 3.30. The topological polar surface area (TPSA) is 103 Å². The molecule has 0 radical (unpaired) electrons. The first-order valence-electron chi connectivity index (χ1n) is 8.95. The number of benzene rings is 1. The summed E-state index contributed by atoms with van der Waals surface area (Å²) in [6.07, 6.45) is 6.23. The molecule has 0 atom stereocenters. The molecule has 0 amide bonds. The number of ether oxygens (including phenoxy) is 1. The molecular weight excluding hydrogens is 328 g/mol. The average molecular weight is 352 g/mol. The SMILES string of the molecule is COc1ccc(Nc2cc(N)nn3cc([C@H]4CC[C@H](N)CC4)nc23)cc1. The predicted octanol–water partition coefficient (Wildman–Crippen LogP) is 3.05. The highest BCUT2D eigenvalue weighted by atomic mass is 16.5. The van der Waals surface area contributed by atoms with E-state index in [1.165, 1.54) is 0 Å². The third-order valence-electron chi connectivity index (χ3n) is 5.02. The normalized spacial score (nSPS) is 20.2. The smallest absolute Gasteiger partial charge is 0.177 e. The van der Waals surface area contributed by atoms with Crippen molar-refractivity contribution < 1.29 is 4.74 Å². The Morgan fingerprint density at radius 3 is 2.58 bits per heavy atom. The van der Waals surface area contributed by atoms with Gasteiger partial charge in [0.05, 0.1) is 24.7 Å². The molecule has 2 heterocycles. The lowest BCUT2D eigenvalue weighted by molar-refractivity contribution is 0.391. The largest absolute Gasteiger partial charge is 0.497 e. The molecule has 5 N–H and O–H groups in total. The highest BCUT2D eigenvalue weighted by Crippen LogP contribution is 2.33. The number of nitrogens with zero attached hydrogens (tertiary/aromatic N) is 3. The molecule has 1 aliphatic rings. The fourth-order valence-corrected chi connectivity index (χ4v) is 3.55. The van der Waals surface area contributed by atoms with Gasteiger partial charge in [0.15, 0.2) is 5.65 Å². The summed E-state index contributed by atoms with van der Waals surface area (Å²) in [5.74, 6) is 1.70. The number of nitrogen functional groups attached to an aromatic ring is 1. The van der Waals surface area contributed by atoms with Gasteiger partial charge in [-0.05, 0) is 49.9 Å². The van der Waals surface area contributed by atoms with Crippen molar-refractivity contribution in [2.24, 2.45) is 5.73 Å². The van der Waals surface area contributed by atoms with E-state index in [2.05, 4.69) is 10.4 Å². The highest BCUT2D eigenvalue weighted by molar-refractivity contribution is 5.75. The number of aromatic nitrogens is 3. The Kier molecular flexibility index (Phi) is 4.38. The van der Waals surface area contributed by atoms with Crippen LogP contribution in [0, 0.1) is 0 Å². The van der Waals surface area contributed by atoms with Crippen molar-refractivity contribution in [3.05, 3.63) is 42.2 Å². The molecule has 7 heteroatoms. The van der Waals surface area contributed by atoms with Gasteiger partial charge in [-0.2, -0.15) is 0 Å². The zero-order valence-corrected chi connectivity index (χ0v) is 14.9. The van der Waals surface area contributed by atoms with Gasteiger partial charge in [-0.15, -0.1) is 5.10 Å². The summed E-state index contributed by atoms with van der Waals surface area (Å²) in [6, 6.07) is 9.87. The molecule has 0 saturated heterocycles. The van der Waals surface area contributed by atoms with Crippen LogP contribution in [-0.2, 0) is 0 Å².